The van der Waals surface area contributed by atoms with E-state index in [4.69, 9.17) is 0 Å². The molecular formula is C14H21NOS. The first-order valence-corrected chi connectivity index (χ1v) is 7.70. The molecule has 1 heterocycles. The van der Waals surface area contributed by atoms with Crippen LogP contribution in [0.1, 0.15) is 29.7 Å². The fraction of sp³-hybridized carbons (Fsp3) is 0.571. The molecule has 1 aromatic carbocycles. The maximum atomic E-state index is 11.9. The van der Waals surface area contributed by atoms with Crippen molar-refractivity contribution in [3.8, 4) is 0 Å². The third-order valence-electron chi connectivity index (χ3n) is 3.18. The Bertz CT molecular complexity index is 410. The number of hydrogen-bond donors (Lipinski definition) is 1. The summed E-state index contributed by atoms with van der Waals surface area (Å²) in [4.78, 5) is 0. The van der Waals surface area contributed by atoms with Crippen molar-refractivity contribution in [3.05, 3.63) is 34.9 Å². The summed E-state index contributed by atoms with van der Waals surface area (Å²) in [6, 6.07) is 6.84. The number of rotatable bonds is 1. The Hall–Kier alpha value is -0.670. The molecular weight excluding hydrogens is 230 g/mol. The molecule has 0 radical (unpaired) electrons. The maximum absolute atomic E-state index is 11.9. The van der Waals surface area contributed by atoms with E-state index in [9.17, 15) is 4.21 Å². The van der Waals surface area contributed by atoms with Gasteiger partial charge in [0.25, 0.3) is 0 Å². The fourth-order valence-corrected chi connectivity index (χ4v) is 4.03. The van der Waals surface area contributed by atoms with Gasteiger partial charge in [0, 0.05) is 28.3 Å². The maximum Gasteiger partial charge on any atom is 0.0437 e. The van der Waals surface area contributed by atoms with Crippen molar-refractivity contribution in [2.45, 2.75) is 26.8 Å². The molecule has 1 fully saturated rings. The first-order valence-electron chi connectivity index (χ1n) is 6.21. The van der Waals surface area contributed by atoms with E-state index in [1.54, 1.807) is 0 Å². The molecule has 1 aliphatic heterocycles. The van der Waals surface area contributed by atoms with Crippen LogP contribution < -0.4 is 5.32 Å². The molecule has 3 heteroatoms. The average Bonchev–Trinajstić information content (AvgIpc) is 2.38. The zero-order chi connectivity index (χ0) is 12.4. The zero-order valence-electron chi connectivity index (χ0n) is 10.8. The summed E-state index contributed by atoms with van der Waals surface area (Å²) >= 11 is 0. The van der Waals surface area contributed by atoms with Crippen LogP contribution in [-0.2, 0) is 10.8 Å². The van der Waals surface area contributed by atoms with Crippen LogP contribution in [0.4, 0.5) is 0 Å². The summed E-state index contributed by atoms with van der Waals surface area (Å²) in [7, 11) is -0.694. The third kappa shape index (κ3) is 3.39. The normalized spacial score (nSPS) is 29.9. The SMILES string of the molecule is Cc1cc(C)cc(C2CS(=O)CC(C)CN2)c1. The molecule has 0 spiro atoms. The molecule has 94 valence electrons. The van der Waals surface area contributed by atoms with Crippen LogP contribution in [0.15, 0.2) is 18.2 Å². The topological polar surface area (TPSA) is 29.1 Å². The molecule has 3 atom stereocenters. The second-order valence-electron chi connectivity index (χ2n) is 5.26. The lowest BCUT2D eigenvalue weighted by Crippen LogP contribution is -2.26. The first-order chi connectivity index (χ1) is 8.04. The van der Waals surface area contributed by atoms with Gasteiger partial charge < -0.3 is 5.32 Å². The quantitative estimate of drug-likeness (QED) is 0.830. The van der Waals surface area contributed by atoms with Gasteiger partial charge in [0.05, 0.1) is 0 Å². The van der Waals surface area contributed by atoms with E-state index in [-0.39, 0.29) is 6.04 Å². The van der Waals surface area contributed by atoms with E-state index in [1.165, 1.54) is 16.7 Å². The molecule has 0 bridgehead atoms. The molecule has 0 aromatic heterocycles. The zero-order valence-corrected chi connectivity index (χ0v) is 11.6. The molecule has 17 heavy (non-hydrogen) atoms. The highest BCUT2D eigenvalue weighted by atomic mass is 32.2. The predicted molar refractivity (Wildman–Crippen MR) is 73.7 cm³/mol. The minimum absolute atomic E-state index is 0.249. The van der Waals surface area contributed by atoms with Crippen LogP contribution >= 0.6 is 0 Å². The van der Waals surface area contributed by atoms with Gasteiger partial charge in [-0.15, -0.1) is 0 Å². The molecule has 2 rings (SSSR count). The van der Waals surface area contributed by atoms with Crippen molar-refractivity contribution < 1.29 is 4.21 Å². The van der Waals surface area contributed by atoms with Gasteiger partial charge in [-0.25, -0.2) is 0 Å². The second kappa shape index (κ2) is 5.32. The smallest absolute Gasteiger partial charge is 0.0437 e. The summed E-state index contributed by atoms with van der Waals surface area (Å²) in [5, 5.41) is 3.54. The van der Waals surface area contributed by atoms with E-state index in [1.807, 2.05) is 0 Å². The number of aryl methyl sites for hydroxylation is 2. The highest BCUT2D eigenvalue weighted by molar-refractivity contribution is 7.85. The minimum Gasteiger partial charge on any atom is -0.309 e. The van der Waals surface area contributed by atoms with Crippen molar-refractivity contribution in [1.82, 2.24) is 5.32 Å². The highest BCUT2D eigenvalue weighted by Gasteiger charge is 2.21. The van der Waals surface area contributed by atoms with Gasteiger partial charge in [0.1, 0.15) is 0 Å². The van der Waals surface area contributed by atoms with E-state index < -0.39 is 10.8 Å². The van der Waals surface area contributed by atoms with Crippen molar-refractivity contribution in [3.63, 3.8) is 0 Å². The number of nitrogens with one attached hydrogen (secondary N) is 1. The Morgan fingerprint density at radius 2 is 1.82 bits per heavy atom. The van der Waals surface area contributed by atoms with E-state index in [0.29, 0.717) is 5.92 Å². The molecule has 2 nitrogen and oxygen atoms in total. The monoisotopic (exact) mass is 251 g/mol. The van der Waals surface area contributed by atoms with Crippen LogP contribution in [0.2, 0.25) is 0 Å². The van der Waals surface area contributed by atoms with Gasteiger partial charge in [-0.05, 0) is 31.9 Å². The predicted octanol–water partition coefficient (Wildman–Crippen LogP) is 2.33. The Morgan fingerprint density at radius 3 is 2.47 bits per heavy atom. The minimum atomic E-state index is -0.694. The van der Waals surface area contributed by atoms with Crippen LogP contribution in [-0.4, -0.2) is 22.3 Å². The Morgan fingerprint density at radius 1 is 1.18 bits per heavy atom. The average molecular weight is 251 g/mol. The third-order valence-corrected chi connectivity index (χ3v) is 4.83. The van der Waals surface area contributed by atoms with Gasteiger partial charge in [-0.1, -0.05) is 36.2 Å². The summed E-state index contributed by atoms with van der Waals surface area (Å²) in [6.07, 6.45) is 0. The molecule has 3 unspecified atom stereocenters. The van der Waals surface area contributed by atoms with Gasteiger partial charge in [-0.3, -0.25) is 4.21 Å². The second-order valence-corrected chi connectivity index (χ2v) is 6.81. The van der Waals surface area contributed by atoms with Gasteiger partial charge >= 0.3 is 0 Å². The van der Waals surface area contributed by atoms with Gasteiger partial charge in [-0.2, -0.15) is 0 Å². The lowest BCUT2D eigenvalue weighted by molar-refractivity contribution is 0.517. The largest absolute Gasteiger partial charge is 0.309 e. The molecule has 0 saturated carbocycles. The summed E-state index contributed by atoms with van der Waals surface area (Å²) in [5.41, 5.74) is 3.85. The van der Waals surface area contributed by atoms with E-state index in [0.717, 1.165) is 18.1 Å². The Kier molecular flexibility index (Phi) is 4.00. The van der Waals surface area contributed by atoms with Crippen LogP contribution in [0.25, 0.3) is 0 Å². The fourth-order valence-electron chi connectivity index (χ4n) is 2.46. The standard InChI is InChI=1S/C14H21NOS/c1-10-4-11(2)6-13(5-10)14-9-17(16)8-12(3)7-15-14/h4-6,12,14-15H,7-9H2,1-3H3. The number of hydrogen-bond acceptors (Lipinski definition) is 2. The van der Waals surface area contributed by atoms with Crippen molar-refractivity contribution >= 4 is 10.8 Å². The summed E-state index contributed by atoms with van der Waals surface area (Å²) in [5.74, 6) is 2.08. The van der Waals surface area contributed by atoms with Crippen molar-refractivity contribution in [2.75, 3.05) is 18.1 Å². The lowest BCUT2D eigenvalue weighted by atomic mass is 10.0. The Labute approximate surface area is 106 Å². The van der Waals surface area contributed by atoms with Gasteiger partial charge in [0.15, 0.2) is 0 Å². The molecule has 1 N–H and O–H groups in total. The van der Waals surface area contributed by atoms with Crippen LogP contribution in [0.5, 0.6) is 0 Å². The van der Waals surface area contributed by atoms with Gasteiger partial charge in [0.2, 0.25) is 0 Å². The van der Waals surface area contributed by atoms with E-state index >= 15 is 0 Å². The number of benzene rings is 1. The van der Waals surface area contributed by atoms with Crippen LogP contribution in [0.3, 0.4) is 0 Å². The Balaban J connectivity index is 2.23. The van der Waals surface area contributed by atoms with Crippen LogP contribution in [0, 0.1) is 19.8 Å². The highest BCUT2D eigenvalue weighted by Crippen LogP contribution is 2.21. The van der Waals surface area contributed by atoms with Crippen molar-refractivity contribution in [1.29, 1.82) is 0 Å². The molecule has 0 aliphatic carbocycles. The first kappa shape index (κ1) is 12.8. The molecule has 1 aromatic rings. The lowest BCUT2D eigenvalue weighted by Gasteiger charge is -2.17. The summed E-state index contributed by atoms with van der Waals surface area (Å²) in [6.45, 7) is 7.36. The molecule has 0 amide bonds. The molecule has 1 saturated heterocycles. The van der Waals surface area contributed by atoms with E-state index in [2.05, 4.69) is 44.3 Å². The molecule has 1 aliphatic rings. The van der Waals surface area contributed by atoms with Crippen molar-refractivity contribution in [2.24, 2.45) is 5.92 Å². The summed E-state index contributed by atoms with van der Waals surface area (Å²) < 4.78 is 11.9.